The average molecular weight is 152 g/mol. The molecule has 2 atom stereocenters. The van der Waals surface area contributed by atoms with Gasteiger partial charge in [0.25, 0.3) is 0 Å². The molecule has 0 radical (unpaired) electrons. The molecule has 0 N–H and O–H groups in total. The summed E-state index contributed by atoms with van der Waals surface area (Å²) in [5, 5.41) is 2.06. The van der Waals surface area contributed by atoms with E-state index in [4.69, 9.17) is 0 Å². The molecule has 0 spiro atoms. The van der Waals surface area contributed by atoms with Crippen LogP contribution in [0.5, 0.6) is 0 Å². The number of aldehydes is 1. The lowest BCUT2D eigenvalue weighted by Crippen LogP contribution is -1.78. The van der Waals surface area contributed by atoms with Crippen molar-refractivity contribution in [2.45, 2.75) is 12.3 Å². The van der Waals surface area contributed by atoms with E-state index >= 15 is 0 Å². The molecule has 1 nitrogen and oxygen atoms in total. The van der Waals surface area contributed by atoms with E-state index in [1.165, 1.54) is 4.88 Å². The SMILES string of the molecule is O=C[C@@H]1C[C@H]1c1cccs1. The summed E-state index contributed by atoms with van der Waals surface area (Å²) >= 11 is 1.75. The second-order valence-electron chi connectivity index (χ2n) is 2.66. The number of thiophene rings is 1. The van der Waals surface area contributed by atoms with Gasteiger partial charge in [0.15, 0.2) is 0 Å². The third kappa shape index (κ3) is 0.886. The third-order valence-corrected chi connectivity index (χ3v) is 2.93. The van der Waals surface area contributed by atoms with Crippen LogP contribution in [0.1, 0.15) is 17.2 Å². The highest BCUT2D eigenvalue weighted by atomic mass is 32.1. The van der Waals surface area contributed by atoms with Crippen LogP contribution in [0.2, 0.25) is 0 Å². The van der Waals surface area contributed by atoms with Crippen molar-refractivity contribution in [3.63, 3.8) is 0 Å². The van der Waals surface area contributed by atoms with Crippen LogP contribution in [0.3, 0.4) is 0 Å². The van der Waals surface area contributed by atoms with Crippen molar-refractivity contribution in [2.24, 2.45) is 5.92 Å². The van der Waals surface area contributed by atoms with E-state index in [9.17, 15) is 4.79 Å². The zero-order chi connectivity index (χ0) is 6.97. The monoisotopic (exact) mass is 152 g/mol. The van der Waals surface area contributed by atoms with Crippen molar-refractivity contribution >= 4 is 17.6 Å². The normalized spacial score (nSPS) is 30.0. The van der Waals surface area contributed by atoms with Crippen LogP contribution in [-0.2, 0) is 4.79 Å². The Morgan fingerprint density at radius 3 is 3.10 bits per heavy atom. The summed E-state index contributed by atoms with van der Waals surface area (Å²) in [4.78, 5) is 11.6. The lowest BCUT2D eigenvalue weighted by molar-refractivity contribution is -0.108. The van der Waals surface area contributed by atoms with E-state index in [2.05, 4.69) is 11.4 Å². The molecule has 1 aromatic rings. The van der Waals surface area contributed by atoms with E-state index in [1.54, 1.807) is 11.3 Å². The molecule has 2 heteroatoms. The highest BCUT2D eigenvalue weighted by molar-refractivity contribution is 7.10. The minimum Gasteiger partial charge on any atom is -0.303 e. The molecule has 1 fully saturated rings. The molecule has 52 valence electrons. The number of hydrogen-bond acceptors (Lipinski definition) is 2. The van der Waals surface area contributed by atoms with Crippen LogP contribution >= 0.6 is 11.3 Å². The molecule has 0 aliphatic heterocycles. The predicted molar refractivity (Wildman–Crippen MR) is 41.2 cm³/mol. The molecule has 0 saturated heterocycles. The topological polar surface area (TPSA) is 17.1 Å². The molecule has 1 heterocycles. The van der Waals surface area contributed by atoms with E-state index in [0.29, 0.717) is 11.8 Å². The first-order chi connectivity index (χ1) is 4.92. The Bertz CT molecular complexity index is 227. The Balaban J connectivity index is 2.11. The second kappa shape index (κ2) is 2.20. The largest absolute Gasteiger partial charge is 0.303 e. The predicted octanol–water partition coefficient (Wildman–Crippen LogP) is 2.05. The summed E-state index contributed by atoms with van der Waals surface area (Å²) in [6, 6.07) is 4.15. The van der Waals surface area contributed by atoms with E-state index in [-0.39, 0.29) is 0 Å². The van der Waals surface area contributed by atoms with Crippen molar-refractivity contribution in [3.05, 3.63) is 22.4 Å². The summed E-state index contributed by atoms with van der Waals surface area (Å²) in [7, 11) is 0. The summed E-state index contributed by atoms with van der Waals surface area (Å²) in [6.07, 6.45) is 2.15. The fourth-order valence-electron chi connectivity index (χ4n) is 1.19. The number of hydrogen-bond donors (Lipinski definition) is 0. The first-order valence-corrected chi connectivity index (χ1v) is 4.28. The Labute approximate surface area is 63.7 Å². The first-order valence-electron chi connectivity index (χ1n) is 3.40. The van der Waals surface area contributed by atoms with E-state index in [0.717, 1.165) is 12.7 Å². The number of rotatable bonds is 2. The van der Waals surface area contributed by atoms with Gasteiger partial charge in [-0.15, -0.1) is 11.3 Å². The maximum absolute atomic E-state index is 10.3. The van der Waals surface area contributed by atoms with Gasteiger partial charge >= 0.3 is 0 Å². The lowest BCUT2D eigenvalue weighted by Gasteiger charge is -1.85. The van der Waals surface area contributed by atoms with Gasteiger partial charge in [0.05, 0.1) is 0 Å². The van der Waals surface area contributed by atoms with Crippen LogP contribution in [0.15, 0.2) is 17.5 Å². The maximum atomic E-state index is 10.3. The molecule has 1 saturated carbocycles. The van der Waals surface area contributed by atoms with Crippen LogP contribution in [-0.4, -0.2) is 6.29 Å². The Morgan fingerprint density at radius 2 is 2.60 bits per heavy atom. The summed E-state index contributed by atoms with van der Waals surface area (Å²) in [6.45, 7) is 0. The van der Waals surface area contributed by atoms with Crippen molar-refractivity contribution in [3.8, 4) is 0 Å². The van der Waals surface area contributed by atoms with E-state index in [1.807, 2.05) is 6.07 Å². The zero-order valence-corrected chi connectivity index (χ0v) is 6.30. The van der Waals surface area contributed by atoms with Crippen LogP contribution < -0.4 is 0 Å². The highest BCUT2D eigenvalue weighted by Gasteiger charge is 2.38. The smallest absolute Gasteiger partial charge is 0.123 e. The molecular weight excluding hydrogens is 144 g/mol. The van der Waals surface area contributed by atoms with Gasteiger partial charge in [0, 0.05) is 16.7 Å². The van der Waals surface area contributed by atoms with Gasteiger partial charge in [-0.25, -0.2) is 0 Å². The van der Waals surface area contributed by atoms with Crippen molar-refractivity contribution < 1.29 is 4.79 Å². The minimum atomic E-state index is 0.332. The molecule has 1 aliphatic rings. The van der Waals surface area contributed by atoms with Crippen molar-refractivity contribution in [1.82, 2.24) is 0 Å². The summed E-state index contributed by atoms with van der Waals surface area (Å²) in [5.41, 5.74) is 0. The molecule has 0 bridgehead atoms. The number of carbonyl (C=O) groups excluding carboxylic acids is 1. The van der Waals surface area contributed by atoms with Crippen LogP contribution in [0.4, 0.5) is 0 Å². The van der Waals surface area contributed by atoms with Crippen molar-refractivity contribution in [2.75, 3.05) is 0 Å². The highest BCUT2D eigenvalue weighted by Crippen LogP contribution is 2.47. The molecule has 10 heavy (non-hydrogen) atoms. The second-order valence-corrected chi connectivity index (χ2v) is 3.64. The average Bonchev–Trinajstić information content (AvgIpc) is 2.56. The van der Waals surface area contributed by atoms with Gasteiger partial charge in [-0.2, -0.15) is 0 Å². The standard InChI is InChI=1S/C8H8OS/c9-5-6-4-7(6)8-2-1-3-10-8/h1-3,5-7H,4H2/t6-,7+/m0/s1. The minimum absolute atomic E-state index is 0.332. The molecular formula is C8H8OS. The molecule has 0 amide bonds. The van der Waals surface area contributed by atoms with Crippen molar-refractivity contribution in [1.29, 1.82) is 0 Å². The summed E-state index contributed by atoms with van der Waals surface area (Å²) < 4.78 is 0. The summed E-state index contributed by atoms with van der Waals surface area (Å²) in [5.74, 6) is 0.899. The first kappa shape index (κ1) is 6.10. The molecule has 1 aromatic heterocycles. The van der Waals surface area contributed by atoms with E-state index < -0.39 is 0 Å². The quantitative estimate of drug-likeness (QED) is 0.593. The zero-order valence-electron chi connectivity index (χ0n) is 5.49. The Kier molecular flexibility index (Phi) is 1.34. The van der Waals surface area contributed by atoms with Gasteiger partial charge in [-0.1, -0.05) is 6.07 Å². The van der Waals surface area contributed by atoms with Gasteiger partial charge in [-0.3, -0.25) is 0 Å². The maximum Gasteiger partial charge on any atom is 0.123 e. The molecule has 0 aromatic carbocycles. The van der Waals surface area contributed by atoms with Gasteiger partial charge in [-0.05, 0) is 17.9 Å². The van der Waals surface area contributed by atoms with Gasteiger partial charge in [0.1, 0.15) is 6.29 Å². The van der Waals surface area contributed by atoms with Crippen LogP contribution in [0.25, 0.3) is 0 Å². The molecule has 1 aliphatic carbocycles. The fourth-order valence-corrected chi connectivity index (χ4v) is 2.11. The van der Waals surface area contributed by atoms with Crippen LogP contribution in [0, 0.1) is 5.92 Å². The Hall–Kier alpha value is -0.630. The lowest BCUT2D eigenvalue weighted by atomic mass is 10.3. The van der Waals surface area contributed by atoms with Gasteiger partial charge < -0.3 is 4.79 Å². The Morgan fingerprint density at radius 1 is 1.70 bits per heavy atom. The van der Waals surface area contributed by atoms with Gasteiger partial charge in [0.2, 0.25) is 0 Å². The fraction of sp³-hybridized carbons (Fsp3) is 0.375. The molecule has 2 rings (SSSR count). The molecule has 0 unspecified atom stereocenters. The third-order valence-electron chi connectivity index (χ3n) is 1.92. The number of carbonyl (C=O) groups is 1.